The second-order valence-electron chi connectivity index (χ2n) is 4.38. The first-order valence-electron chi connectivity index (χ1n) is 6.02. The van der Waals surface area contributed by atoms with Gasteiger partial charge in [0.05, 0.1) is 10.7 Å². The van der Waals surface area contributed by atoms with Gasteiger partial charge in [0.1, 0.15) is 11.9 Å². The quantitative estimate of drug-likeness (QED) is 0.623. The van der Waals surface area contributed by atoms with Crippen LogP contribution in [0.5, 0.6) is 5.75 Å². The number of ether oxygens (including phenoxy) is 1. The van der Waals surface area contributed by atoms with Gasteiger partial charge in [-0.2, -0.15) is 0 Å². The van der Waals surface area contributed by atoms with Crippen molar-refractivity contribution >= 4 is 29.1 Å². The summed E-state index contributed by atoms with van der Waals surface area (Å²) < 4.78 is 19.1. The molecule has 0 aliphatic carbocycles. The zero-order valence-electron chi connectivity index (χ0n) is 11.6. The molecule has 0 fully saturated rings. The molecule has 0 atom stereocenters. The molecule has 108 valence electrons. The normalized spacial score (nSPS) is 14.4. The lowest BCUT2D eigenvalue weighted by molar-refractivity contribution is -0.120. The van der Waals surface area contributed by atoms with Gasteiger partial charge in [-0.15, -0.1) is 0 Å². The first kappa shape index (κ1) is 15.1. The monoisotopic (exact) mass is 307 g/mol. The van der Waals surface area contributed by atoms with E-state index in [0.717, 1.165) is 11.0 Å². The lowest BCUT2D eigenvalue weighted by atomic mass is 10.2. The number of amides is 2. The van der Waals surface area contributed by atoms with Crippen molar-refractivity contribution in [2.45, 2.75) is 20.8 Å². The van der Waals surface area contributed by atoms with Crippen molar-refractivity contribution in [1.29, 1.82) is 0 Å². The number of nitrogens with zero attached hydrogens (tertiary/aromatic N) is 1. The van der Waals surface area contributed by atoms with Gasteiger partial charge in [-0.25, -0.2) is 9.29 Å². The lowest BCUT2D eigenvalue weighted by Crippen LogP contribution is -2.32. The molecular weight excluding hydrogens is 297 g/mol. The first-order valence-corrected chi connectivity index (χ1v) is 6.40. The zero-order chi connectivity index (χ0) is 15.7. The predicted molar refractivity (Wildman–Crippen MR) is 76.4 cm³/mol. The molecule has 0 saturated heterocycles. The summed E-state index contributed by atoms with van der Waals surface area (Å²) >= 11 is 5.84. The Morgan fingerprint density at radius 2 is 1.76 bits per heavy atom. The van der Waals surface area contributed by atoms with E-state index in [9.17, 15) is 14.0 Å². The second-order valence-corrected chi connectivity index (χ2v) is 4.79. The van der Waals surface area contributed by atoms with E-state index < -0.39 is 17.6 Å². The van der Waals surface area contributed by atoms with Crippen LogP contribution in [0.2, 0.25) is 5.02 Å². The SMILES string of the molecule is CC#COc1cc(N2C(=O)C(C)=C(C)C2=O)c(F)cc1Cl. The van der Waals surface area contributed by atoms with E-state index >= 15 is 0 Å². The Morgan fingerprint density at radius 3 is 2.29 bits per heavy atom. The standard InChI is InChI=1S/C15H11ClFNO3/c1-4-5-21-13-7-12(11(17)6-10(13)16)18-14(19)8(2)9(3)15(18)20/h6-7H,1-3H3. The Balaban J connectivity index is 2.52. The smallest absolute Gasteiger partial charge is 0.261 e. The molecule has 0 saturated carbocycles. The van der Waals surface area contributed by atoms with Crippen LogP contribution in [-0.4, -0.2) is 11.8 Å². The molecule has 21 heavy (non-hydrogen) atoms. The van der Waals surface area contributed by atoms with Crippen LogP contribution < -0.4 is 9.64 Å². The Kier molecular flexibility index (Phi) is 4.01. The van der Waals surface area contributed by atoms with E-state index in [2.05, 4.69) is 12.0 Å². The van der Waals surface area contributed by atoms with E-state index in [-0.39, 0.29) is 27.6 Å². The molecule has 1 aromatic rings. The highest BCUT2D eigenvalue weighted by Gasteiger charge is 2.36. The van der Waals surface area contributed by atoms with E-state index in [1.165, 1.54) is 19.9 Å². The Hall–Kier alpha value is -2.32. The van der Waals surface area contributed by atoms with Crippen LogP contribution in [0.25, 0.3) is 0 Å². The van der Waals surface area contributed by atoms with Crippen molar-refractivity contribution in [2.75, 3.05) is 4.90 Å². The third-order valence-electron chi connectivity index (χ3n) is 3.12. The zero-order valence-corrected chi connectivity index (χ0v) is 12.3. The van der Waals surface area contributed by atoms with E-state index in [1.807, 2.05) is 0 Å². The van der Waals surface area contributed by atoms with Crippen molar-refractivity contribution in [1.82, 2.24) is 0 Å². The number of carbonyl (C=O) groups excluding carboxylic acids is 2. The molecule has 4 nitrogen and oxygen atoms in total. The van der Waals surface area contributed by atoms with E-state index in [1.54, 1.807) is 6.92 Å². The van der Waals surface area contributed by atoms with Crippen molar-refractivity contribution in [3.63, 3.8) is 0 Å². The number of imide groups is 1. The van der Waals surface area contributed by atoms with Gasteiger partial charge in [-0.05, 0) is 19.9 Å². The van der Waals surface area contributed by atoms with E-state index in [0.29, 0.717) is 0 Å². The van der Waals surface area contributed by atoms with Gasteiger partial charge in [-0.1, -0.05) is 17.5 Å². The highest BCUT2D eigenvalue weighted by atomic mass is 35.5. The van der Waals surface area contributed by atoms with Gasteiger partial charge in [0.2, 0.25) is 0 Å². The summed E-state index contributed by atoms with van der Waals surface area (Å²) in [6.45, 7) is 4.59. The minimum absolute atomic E-state index is 0.000465. The van der Waals surface area contributed by atoms with Gasteiger partial charge in [0.15, 0.2) is 5.75 Å². The number of halogens is 2. The Bertz CT molecular complexity index is 719. The fourth-order valence-electron chi connectivity index (χ4n) is 1.84. The number of rotatable bonds is 2. The number of anilines is 1. The summed E-state index contributed by atoms with van der Waals surface area (Å²) in [5, 5.41) is -0.000465. The molecule has 1 heterocycles. The lowest BCUT2D eigenvalue weighted by Gasteiger charge is -2.17. The second kappa shape index (κ2) is 5.58. The van der Waals surface area contributed by atoms with Crippen LogP contribution in [0.1, 0.15) is 20.8 Å². The molecule has 6 heteroatoms. The Morgan fingerprint density at radius 1 is 1.19 bits per heavy atom. The molecule has 1 aliphatic heterocycles. The van der Waals surface area contributed by atoms with Gasteiger partial charge in [0.25, 0.3) is 11.8 Å². The average Bonchev–Trinajstić information content (AvgIpc) is 2.63. The molecule has 0 radical (unpaired) electrons. The third kappa shape index (κ3) is 2.50. The molecule has 0 spiro atoms. The van der Waals surface area contributed by atoms with E-state index in [4.69, 9.17) is 16.3 Å². The first-order chi connectivity index (χ1) is 9.88. The van der Waals surface area contributed by atoms with Gasteiger partial charge in [-0.3, -0.25) is 9.59 Å². The average molecular weight is 308 g/mol. The van der Waals surface area contributed by atoms with Crippen molar-refractivity contribution in [2.24, 2.45) is 0 Å². The van der Waals surface area contributed by atoms with Crippen LogP contribution in [0, 0.1) is 17.8 Å². The molecule has 1 aliphatic rings. The topological polar surface area (TPSA) is 46.6 Å². The minimum Gasteiger partial charge on any atom is -0.406 e. The van der Waals surface area contributed by atoms with Crippen molar-refractivity contribution in [3.05, 3.63) is 34.1 Å². The summed E-state index contributed by atoms with van der Waals surface area (Å²) in [6, 6.07) is 2.16. The molecule has 0 aromatic heterocycles. The highest BCUT2D eigenvalue weighted by Crippen LogP contribution is 2.35. The molecule has 2 amide bonds. The molecule has 2 rings (SSSR count). The molecule has 0 unspecified atom stereocenters. The van der Waals surface area contributed by atoms with Crippen molar-refractivity contribution in [3.8, 4) is 17.8 Å². The number of benzene rings is 1. The molecule has 0 N–H and O–H groups in total. The van der Waals surface area contributed by atoms with Gasteiger partial charge < -0.3 is 4.74 Å². The van der Waals surface area contributed by atoms with Crippen LogP contribution >= 0.6 is 11.6 Å². The molecule has 0 bridgehead atoms. The fourth-order valence-corrected chi connectivity index (χ4v) is 2.03. The predicted octanol–water partition coefficient (Wildman–Crippen LogP) is 3.05. The summed E-state index contributed by atoms with van der Waals surface area (Å²) in [4.78, 5) is 24.9. The van der Waals surface area contributed by atoms with Gasteiger partial charge >= 0.3 is 0 Å². The Labute approximate surface area is 126 Å². The van der Waals surface area contributed by atoms with Crippen LogP contribution in [-0.2, 0) is 9.59 Å². The van der Waals surface area contributed by atoms with Crippen LogP contribution in [0.15, 0.2) is 23.3 Å². The maximum Gasteiger partial charge on any atom is 0.261 e. The van der Waals surface area contributed by atoms with Crippen LogP contribution in [0.3, 0.4) is 0 Å². The maximum absolute atomic E-state index is 14.1. The minimum atomic E-state index is -0.791. The third-order valence-corrected chi connectivity index (χ3v) is 3.41. The summed E-state index contributed by atoms with van der Waals surface area (Å²) in [5.41, 5.74) is 0.355. The molecular formula is C15H11ClFNO3. The van der Waals surface area contributed by atoms with Gasteiger partial charge in [0, 0.05) is 24.1 Å². The molecule has 1 aromatic carbocycles. The summed E-state index contributed by atoms with van der Waals surface area (Å²) in [5.74, 6) is 0.655. The maximum atomic E-state index is 14.1. The summed E-state index contributed by atoms with van der Waals surface area (Å²) in [6.07, 6.45) is 2.33. The fraction of sp³-hybridized carbons (Fsp3) is 0.200. The van der Waals surface area contributed by atoms with Crippen molar-refractivity contribution < 1.29 is 18.7 Å². The largest absolute Gasteiger partial charge is 0.406 e. The number of carbonyl (C=O) groups is 2. The highest BCUT2D eigenvalue weighted by molar-refractivity contribution is 6.34. The van der Waals surface area contributed by atoms with Crippen LogP contribution in [0.4, 0.5) is 10.1 Å². The number of hydrogen-bond donors (Lipinski definition) is 0. The number of hydrogen-bond acceptors (Lipinski definition) is 3. The summed E-state index contributed by atoms with van der Waals surface area (Å²) in [7, 11) is 0.